The first kappa shape index (κ1) is 17.7. The molecule has 0 unspecified atom stereocenters. The number of ether oxygens (including phenoxy) is 1. The van der Waals surface area contributed by atoms with Gasteiger partial charge in [-0.05, 0) is 38.7 Å². The van der Waals surface area contributed by atoms with Crippen molar-refractivity contribution in [3.63, 3.8) is 0 Å². The maximum Gasteiger partial charge on any atom is 0.221 e. The van der Waals surface area contributed by atoms with Crippen LogP contribution in [0.25, 0.3) is 0 Å². The third-order valence-corrected chi connectivity index (χ3v) is 7.53. The Morgan fingerprint density at radius 1 is 1.37 bits per heavy atom. The van der Waals surface area contributed by atoms with E-state index >= 15 is 0 Å². The van der Waals surface area contributed by atoms with Gasteiger partial charge in [-0.25, -0.2) is 0 Å². The fraction of sp³-hybridized carbons (Fsp3) is 0.810. The molecule has 1 amide bonds. The van der Waals surface area contributed by atoms with E-state index in [9.17, 15) is 4.79 Å². The minimum Gasteiger partial charge on any atom is -0.370 e. The van der Waals surface area contributed by atoms with E-state index in [2.05, 4.69) is 15.3 Å². The molecule has 4 atom stereocenters. The average Bonchev–Trinajstić information content (AvgIpc) is 3.44. The highest BCUT2D eigenvalue weighted by Gasteiger charge is 2.63. The van der Waals surface area contributed by atoms with E-state index in [-0.39, 0.29) is 11.5 Å². The first-order valence-corrected chi connectivity index (χ1v) is 10.8. The average molecular weight is 373 g/mol. The van der Waals surface area contributed by atoms with Crippen LogP contribution in [0.3, 0.4) is 0 Å². The summed E-state index contributed by atoms with van der Waals surface area (Å²) in [6.45, 7) is 5.69. The van der Waals surface area contributed by atoms with E-state index in [1.54, 1.807) is 0 Å². The molecule has 1 N–H and O–H groups in total. The van der Waals surface area contributed by atoms with Crippen LogP contribution in [-0.4, -0.2) is 58.0 Å². The lowest BCUT2D eigenvalue weighted by molar-refractivity contribution is -0.121. The second-order valence-electron chi connectivity index (χ2n) is 9.17. The standard InChI is InChI=1S/C21H32N4O2/c1-15-7-10-25(23-15)11-8-20(26)22-12-17-18-13-24(16-4-2-3-5-16)14-21(18)9-6-19(17)27-21/h7,10,16-19H,2-6,8-9,11-14H2,1H3,(H,22,26)/t17-,18+,19+,21+/m0/s1. The third-order valence-electron chi connectivity index (χ3n) is 7.53. The Balaban J connectivity index is 1.15. The van der Waals surface area contributed by atoms with Gasteiger partial charge < -0.3 is 10.1 Å². The smallest absolute Gasteiger partial charge is 0.221 e. The molecular formula is C21H32N4O2. The van der Waals surface area contributed by atoms with Gasteiger partial charge in [0.05, 0.1) is 17.4 Å². The monoisotopic (exact) mass is 372 g/mol. The molecule has 2 bridgehead atoms. The Morgan fingerprint density at radius 2 is 2.22 bits per heavy atom. The molecule has 0 radical (unpaired) electrons. The SMILES string of the molecule is Cc1ccn(CCC(=O)NC[C@H]2[C@H]3CN(C4CCCC4)C[C@]34CC[C@H]2O4)n1. The number of amides is 1. The zero-order chi connectivity index (χ0) is 18.4. The van der Waals surface area contributed by atoms with Crippen molar-refractivity contribution in [3.05, 3.63) is 18.0 Å². The molecule has 4 aliphatic rings. The van der Waals surface area contributed by atoms with Crippen LogP contribution in [0.5, 0.6) is 0 Å². The fourth-order valence-electron chi connectivity index (χ4n) is 6.17. The fourth-order valence-corrected chi connectivity index (χ4v) is 6.17. The molecule has 1 aromatic rings. The topological polar surface area (TPSA) is 59.4 Å². The lowest BCUT2D eigenvalue weighted by Gasteiger charge is -2.29. The number of nitrogens with one attached hydrogen (secondary N) is 1. The normalized spacial score (nSPS) is 35.8. The molecule has 1 saturated carbocycles. The molecule has 1 spiro atoms. The summed E-state index contributed by atoms with van der Waals surface area (Å²) in [4.78, 5) is 15.1. The maximum absolute atomic E-state index is 12.3. The van der Waals surface area contributed by atoms with Gasteiger partial charge in [-0.3, -0.25) is 14.4 Å². The van der Waals surface area contributed by atoms with Crippen LogP contribution in [0.1, 0.15) is 50.6 Å². The number of aryl methyl sites for hydroxylation is 2. The van der Waals surface area contributed by atoms with Crippen LogP contribution in [-0.2, 0) is 16.1 Å². The van der Waals surface area contributed by atoms with Gasteiger partial charge in [-0.1, -0.05) is 12.8 Å². The van der Waals surface area contributed by atoms with E-state index in [0.29, 0.717) is 30.9 Å². The number of fused-ring (bicyclic) bond motifs is 1. The van der Waals surface area contributed by atoms with Crippen molar-refractivity contribution < 1.29 is 9.53 Å². The zero-order valence-corrected chi connectivity index (χ0v) is 16.4. The lowest BCUT2D eigenvalue weighted by atomic mass is 9.73. The number of nitrogens with zero attached hydrogens (tertiary/aromatic N) is 3. The Bertz CT molecular complexity index is 698. The Kier molecular flexibility index (Phi) is 4.51. The number of rotatable bonds is 6. The van der Waals surface area contributed by atoms with Gasteiger partial charge in [-0.2, -0.15) is 5.10 Å². The molecule has 5 rings (SSSR count). The zero-order valence-electron chi connectivity index (χ0n) is 16.4. The van der Waals surface area contributed by atoms with Gasteiger partial charge in [0.15, 0.2) is 0 Å². The summed E-state index contributed by atoms with van der Waals surface area (Å²) in [5.41, 5.74) is 1.09. The van der Waals surface area contributed by atoms with Gasteiger partial charge in [0.2, 0.25) is 5.91 Å². The summed E-state index contributed by atoms with van der Waals surface area (Å²) in [7, 11) is 0. The molecule has 6 nitrogen and oxygen atoms in total. The summed E-state index contributed by atoms with van der Waals surface area (Å²) in [5, 5.41) is 7.55. The van der Waals surface area contributed by atoms with Gasteiger partial charge in [0.1, 0.15) is 0 Å². The van der Waals surface area contributed by atoms with Gasteiger partial charge in [-0.15, -0.1) is 0 Å². The summed E-state index contributed by atoms with van der Waals surface area (Å²) in [6, 6.07) is 2.75. The number of likely N-dealkylation sites (tertiary alicyclic amines) is 1. The second-order valence-corrected chi connectivity index (χ2v) is 9.17. The summed E-state index contributed by atoms with van der Waals surface area (Å²) < 4.78 is 8.39. The highest BCUT2D eigenvalue weighted by Crippen LogP contribution is 2.55. The molecule has 148 valence electrons. The van der Waals surface area contributed by atoms with Gasteiger partial charge >= 0.3 is 0 Å². The largest absolute Gasteiger partial charge is 0.370 e. The number of aromatic nitrogens is 2. The van der Waals surface area contributed by atoms with Crippen LogP contribution in [0.2, 0.25) is 0 Å². The quantitative estimate of drug-likeness (QED) is 0.831. The van der Waals surface area contributed by atoms with Crippen LogP contribution in [0, 0.1) is 18.8 Å². The molecule has 3 aliphatic heterocycles. The molecule has 4 heterocycles. The number of carbonyl (C=O) groups excluding carboxylic acids is 1. The van der Waals surface area contributed by atoms with Crippen molar-refractivity contribution in [2.45, 2.75) is 76.2 Å². The summed E-state index contributed by atoms with van der Waals surface area (Å²) in [6.07, 6.45) is 10.7. The van der Waals surface area contributed by atoms with E-state index in [4.69, 9.17) is 4.74 Å². The van der Waals surface area contributed by atoms with E-state index in [0.717, 1.165) is 24.8 Å². The summed E-state index contributed by atoms with van der Waals surface area (Å²) >= 11 is 0. The Morgan fingerprint density at radius 3 is 3.00 bits per heavy atom. The molecule has 1 aromatic heterocycles. The number of carbonyl (C=O) groups is 1. The van der Waals surface area contributed by atoms with E-state index in [1.807, 2.05) is 23.9 Å². The minimum atomic E-state index is 0.0925. The lowest BCUT2D eigenvalue weighted by Crippen LogP contribution is -2.42. The number of hydrogen-bond acceptors (Lipinski definition) is 4. The predicted molar refractivity (Wildman–Crippen MR) is 102 cm³/mol. The molecule has 6 heteroatoms. The van der Waals surface area contributed by atoms with E-state index in [1.165, 1.54) is 45.1 Å². The van der Waals surface area contributed by atoms with Crippen LogP contribution in [0.15, 0.2) is 12.3 Å². The molecule has 0 aromatic carbocycles. The van der Waals surface area contributed by atoms with Crippen molar-refractivity contribution in [3.8, 4) is 0 Å². The summed E-state index contributed by atoms with van der Waals surface area (Å²) in [5.74, 6) is 1.22. The van der Waals surface area contributed by atoms with Crippen LogP contribution in [0.4, 0.5) is 0 Å². The molecule has 4 fully saturated rings. The first-order chi connectivity index (χ1) is 13.1. The predicted octanol–water partition coefficient (Wildman–Crippen LogP) is 2.12. The van der Waals surface area contributed by atoms with Crippen molar-refractivity contribution >= 4 is 5.91 Å². The number of hydrogen-bond donors (Lipinski definition) is 1. The highest BCUT2D eigenvalue weighted by molar-refractivity contribution is 5.75. The van der Waals surface area contributed by atoms with Crippen molar-refractivity contribution in [1.82, 2.24) is 20.0 Å². The first-order valence-electron chi connectivity index (χ1n) is 10.8. The second kappa shape index (κ2) is 6.89. The van der Waals surface area contributed by atoms with Crippen molar-refractivity contribution in [2.24, 2.45) is 11.8 Å². The third kappa shape index (κ3) is 3.21. The van der Waals surface area contributed by atoms with Crippen LogP contribution >= 0.6 is 0 Å². The Hall–Kier alpha value is -1.40. The maximum atomic E-state index is 12.3. The van der Waals surface area contributed by atoms with Gasteiger partial charge in [0.25, 0.3) is 0 Å². The van der Waals surface area contributed by atoms with Gasteiger partial charge in [0, 0.05) is 56.7 Å². The highest BCUT2D eigenvalue weighted by atomic mass is 16.5. The van der Waals surface area contributed by atoms with Crippen LogP contribution < -0.4 is 5.32 Å². The van der Waals surface area contributed by atoms with Crippen molar-refractivity contribution in [2.75, 3.05) is 19.6 Å². The molecular weight excluding hydrogens is 340 g/mol. The molecule has 3 saturated heterocycles. The Labute approximate surface area is 161 Å². The van der Waals surface area contributed by atoms with E-state index < -0.39 is 0 Å². The van der Waals surface area contributed by atoms with Crippen molar-refractivity contribution in [1.29, 1.82) is 0 Å². The molecule has 27 heavy (non-hydrogen) atoms. The minimum absolute atomic E-state index is 0.0925. The molecule has 1 aliphatic carbocycles.